The molecule has 0 bridgehead atoms. The Morgan fingerprint density at radius 3 is 3.00 bits per heavy atom. The predicted molar refractivity (Wildman–Crippen MR) is 72.4 cm³/mol. The second-order valence-electron chi connectivity index (χ2n) is 4.87. The summed E-state index contributed by atoms with van der Waals surface area (Å²) in [6, 6.07) is 2.74. The zero-order valence-corrected chi connectivity index (χ0v) is 11.2. The minimum atomic E-state index is 0.591. The number of nitrogens with one attached hydrogen (secondary N) is 1. The lowest BCUT2D eigenvalue weighted by atomic mass is 10.0. The minimum Gasteiger partial charge on any atom is -0.373 e. The van der Waals surface area contributed by atoms with E-state index in [1.807, 2.05) is 7.05 Å². The van der Waals surface area contributed by atoms with Crippen LogP contribution in [0.2, 0.25) is 0 Å². The van der Waals surface area contributed by atoms with Gasteiger partial charge in [-0.25, -0.2) is 4.98 Å². The van der Waals surface area contributed by atoms with E-state index in [1.165, 1.54) is 43.5 Å². The highest BCUT2D eigenvalue weighted by Crippen LogP contribution is 2.33. The van der Waals surface area contributed by atoms with Crippen LogP contribution in [0.15, 0.2) is 12.3 Å². The number of anilines is 1. The standard InChI is InChI=1S/C14H23N3/c1-4-7-17-8-5-6-13(17)12-10-16-14(15-3)9-11(12)2/h9-10,13H,4-8H2,1-3H3,(H,15,16). The molecule has 0 aliphatic carbocycles. The molecular formula is C14H23N3. The fourth-order valence-electron chi connectivity index (χ4n) is 2.79. The van der Waals surface area contributed by atoms with Crippen molar-refractivity contribution in [3.05, 3.63) is 23.4 Å². The van der Waals surface area contributed by atoms with E-state index >= 15 is 0 Å². The molecular weight excluding hydrogens is 210 g/mol. The van der Waals surface area contributed by atoms with E-state index in [1.54, 1.807) is 0 Å². The number of rotatable bonds is 4. The van der Waals surface area contributed by atoms with E-state index in [2.05, 4.69) is 41.3 Å². The smallest absolute Gasteiger partial charge is 0.125 e. The summed E-state index contributed by atoms with van der Waals surface area (Å²) in [5, 5.41) is 3.10. The summed E-state index contributed by atoms with van der Waals surface area (Å²) in [5.74, 6) is 0.964. The van der Waals surface area contributed by atoms with Crippen molar-refractivity contribution in [2.24, 2.45) is 0 Å². The van der Waals surface area contributed by atoms with Crippen molar-refractivity contribution in [1.82, 2.24) is 9.88 Å². The van der Waals surface area contributed by atoms with Crippen LogP contribution in [-0.2, 0) is 0 Å². The molecule has 1 fully saturated rings. The fraction of sp³-hybridized carbons (Fsp3) is 0.643. The van der Waals surface area contributed by atoms with Gasteiger partial charge in [-0.05, 0) is 56.5 Å². The van der Waals surface area contributed by atoms with Gasteiger partial charge in [-0.2, -0.15) is 0 Å². The first-order chi connectivity index (χ1) is 8.26. The van der Waals surface area contributed by atoms with Gasteiger partial charge in [-0.3, -0.25) is 4.90 Å². The lowest BCUT2D eigenvalue weighted by Crippen LogP contribution is -2.24. The van der Waals surface area contributed by atoms with Gasteiger partial charge in [0, 0.05) is 19.3 Å². The molecule has 1 atom stereocenters. The van der Waals surface area contributed by atoms with Gasteiger partial charge in [0.05, 0.1) is 0 Å². The van der Waals surface area contributed by atoms with Crippen LogP contribution in [0.5, 0.6) is 0 Å². The van der Waals surface area contributed by atoms with E-state index in [9.17, 15) is 0 Å². The van der Waals surface area contributed by atoms with Gasteiger partial charge < -0.3 is 5.32 Å². The molecule has 17 heavy (non-hydrogen) atoms. The minimum absolute atomic E-state index is 0.591. The second-order valence-corrected chi connectivity index (χ2v) is 4.87. The van der Waals surface area contributed by atoms with Gasteiger partial charge in [-0.1, -0.05) is 6.92 Å². The topological polar surface area (TPSA) is 28.2 Å². The molecule has 0 radical (unpaired) electrons. The van der Waals surface area contributed by atoms with Crippen molar-refractivity contribution < 1.29 is 0 Å². The Bertz CT molecular complexity index is 376. The number of likely N-dealkylation sites (tertiary alicyclic amines) is 1. The Morgan fingerprint density at radius 2 is 2.35 bits per heavy atom. The van der Waals surface area contributed by atoms with E-state index in [0.29, 0.717) is 6.04 Å². The van der Waals surface area contributed by atoms with Crippen LogP contribution in [0, 0.1) is 6.92 Å². The third-order valence-corrected chi connectivity index (χ3v) is 3.64. The Labute approximate surface area is 104 Å². The quantitative estimate of drug-likeness (QED) is 0.866. The molecule has 1 aliphatic heterocycles. The Kier molecular flexibility index (Phi) is 4.00. The van der Waals surface area contributed by atoms with Crippen molar-refractivity contribution in [2.45, 2.75) is 39.2 Å². The predicted octanol–water partition coefficient (Wildman–Crippen LogP) is 2.98. The molecule has 1 saturated heterocycles. The van der Waals surface area contributed by atoms with E-state index in [4.69, 9.17) is 0 Å². The van der Waals surface area contributed by atoms with Crippen molar-refractivity contribution in [2.75, 3.05) is 25.5 Å². The zero-order chi connectivity index (χ0) is 12.3. The van der Waals surface area contributed by atoms with Gasteiger partial charge >= 0.3 is 0 Å². The first kappa shape index (κ1) is 12.4. The summed E-state index contributed by atoms with van der Waals surface area (Å²) < 4.78 is 0. The van der Waals surface area contributed by atoms with Gasteiger partial charge in [-0.15, -0.1) is 0 Å². The summed E-state index contributed by atoms with van der Waals surface area (Å²) in [7, 11) is 1.92. The van der Waals surface area contributed by atoms with Crippen LogP contribution < -0.4 is 5.32 Å². The lowest BCUT2D eigenvalue weighted by Gasteiger charge is -2.25. The highest BCUT2D eigenvalue weighted by atomic mass is 15.2. The number of hydrogen-bond donors (Lipinski definition) is 1. The number of nitrogens with zero attached hydrogens (tertiary/aromatic N) is 2. The molecule has 0 saturated carbocycles. The Balaban J connectivity index is 2.21. The van der Waals surface area contributed by atoms with Crippen LogP contribution in [-0.4, -0.2) is 30.0 Å². The molecule has 0 amide bonds. The second kappa shape index (κ2) is 5.50. The molecule has 0 aromatic carbocycles. The lowest BCUT2D eigenvalue weighted by molar-refractivity contribution is 0.257. The van der Waals surface area contributed by atoms with E-state index in [0.717, 1.165) is 5.82 Å². The molecule has 1 aliphatic rings. The van der Waals surface area contributed by atoms with Crippen molar-refractivity contribution in [3.8, 4) is 0 Å². The summed E-state index contributed by atoms with van der Waals surface area (Å²) in [4.78, 5) is 7.06. The van der Waals surface area contributed by atoms with Gasteiger partial charge in [0.2, 0.25) is 0 Å². The summed E-state index contributed by atoms with van der Waals surface area (Å²) in [5.41, 5.74) is 2.77. The van der Waals surface area contributed by atoms with Crippen LogP contribution in [0.1, 0.15) is 43.4 Å². The van der Waals surface area contributed by atoms with Gasteiger partial charge in [0.15, 0.2) is 0 Å². The van der Waals surface area contributed by atoms with Crippen LogP contribution >= 0.6 is 0 Å². The molecule has 94 valence electrons. The summed E-state index contributed by atoms with van der Waals surface area (Å²) >= 11 is 0. The number of pyridine rings is 1. The van der Waals surface area contributed by atoms with Crippen LogP contribution in [0.4, 0.5) is 5.82 Å². The van der Waals surface area contributed by atoms with Gasteiger partial charge in [0.1, 0.15) is 5.82 Å². The van der Waals surface area contributed by atoms with Crippen LogP contribution in [0.3, 0.4) is 0 Å². The average Bonchev–Trinajstić information content (AvgIpc) is 2.77. The highest BCUT2D eigenvalue weighted by molar-refractivity contribution is 5.41. The fourth-order valence-corrected chi connectivity index (χ4v) is 2.79. The molecule has 1 N–H and O–H groups in total. The number of aromatic nitrogens is 1. The van der Waals surface area contributed by atoms with E-state index in [-0.39, 0.29) is 0 Å². The first-order valence-corrected chi connectivity index (χ1v) is 6.64. The maximum atomic E-state index is 4.46. The molecule has 3 nitrogen and oxygen atoms in total. The summed E-state index contributed by atoms with van der Waals surface area (Å²) in [6.45, 7) is 6.90. The van der Waals surface area contributed by atoms with Crippen molar-refractivity contribution >= 4 is 5.82 Å². The Morgan fingerprint density at radius 1 is 1.53 bits per heavy atom. The number of hydrogen-bond acceptors (Lipinski definition) is 3. The maximum absolute atomic E-state index is 4.46. The van der Waals surface area contributed by atoms with E-state index < -0.39 is 0 Å². The van der Waals surface area contributed by atoms with Gasteiger partial charge in [0.25, 0.3) is 0 Å². The molecule has 3 heteroatoms. The summed E-state index contributed by atoms with van der Waals surface area (Å²) in [6.07, 6.45) is 5.89. The zero-order valence-electron chi connectivity index (χ0n) is 11.2. The molecule has 2 rings (SSSR count). The molecule has 2 heterocycles. The largest absolute Gasteiger partial charge is 0.373 e. The SMILES string of the molecule is CCCN1CCCC1c1cnc(NC)cc1C. The van der Waals surface area contributed by atoms with Crippen LogP contribution in [0.25, 0.3) is 0 Å². The normalized spacial score (nSPS) is 20.8. The van der Waals surface area contributed by atoms with Crippen molar-refractivity contribution in [3.63, 3.8) is 0 Å². The first-order valence-electron chi connectivity index (χ1n) is 6.64. The average molecular weight is 233 g/mol. The van der Waals surface area contributed by atoms with Crippen molar-refractivity contribution in [1.29, 1.82) is 0 Å². The Hall–Kier alpha value is -1.09. The molecule has 1 unspecified atom stereocenters. The molecule has 1 aromatic rings. The molecule has 1 aromatic heterocycles. The monoisotopic (exact) mass is 233 g/mol. The third kappa shape index (κ3) is 2.60. The third-order valence-electron chi connectivity index (χ3n) is 3.64. The number of aryl methyl sites for hydroxylation is 1. The maximum Gasteiger partial charge on any atom is 0.125 e. The molecule has 0 spiro atoms. The highest BCUT2D eigenvalue weighted by Gasteiger charge is 2.26.